The van der Waals surface area contributed by atoms with Gasteiger partial charge in [-0.1, -0.05) is 31.4 Å². The predicted molar refractivity (Wildman–Crippen MR) is 70.3 cm³/mol. The lowest BCUT2D eigenvalue weighted by molar-refractivity contribution is -0.000759. The Morgan fingerprint density at radius 1 is 1.65 bits per heavy atom. The molecule has 1 saturated carbocycles. The zero-order chi connectivity index (χ0) is 12.3. The van der Waals surface area contributed by atoms with Gasteiger partial charge in [-0.2, -0.15) is 0 Å². The van der Waals surface area contributed by atoms with E-state index in [0.29, 0.717) is 17.5 Å². The van der Waals surface area contributed by atoms with E-state index in [9.17, 15) is 5.11 Å². The SMILES string of the molecule is CC1CCCC(O)(CNc2ccncc2Cl)C1. The van der Waals surface area contributed by atoms with Crippen molar-refractivity contribution >= 4 is 17.3 Å². The summed E-state index contributed by atoms with van der Waals surface area (Å²) in [5.41, 5.74) is 0.248. The minimum atomic E-state index is -0.593. The standard InChI is InChI=1S/C13H19ClN2O/c1-10-3-2-5-13(17,7-10)9-16-12-4-6-15-8-11(12)14/h4,6,8,10,17H,2-3,5,7,9H2,1H3,(H,15,16). The monoisotopic (exact) mass is 254 g/mol. The Bertz CT molecular complexity index is 385. The highest BCUT2D eigenvalue weighted by Gasteiger charge is 2.32. The van der Waals surface area contributed by atoms with Gasteiger partial charge in [0.05, 0.1) is 16.3 Å². The molecular weight excluding hydrogens is 236 g/mol. The Morgan fingerprint density at radius 2 is 2.47 bits per heavy atom. The van der Waals surface area contributed by atoms with E-state index >= 15 is 0 Å². The van der Waals surface area contributed by atoms with Gasteiger partial charge in [0.15, 0.2) is 0 Å². The summed E-state index contributed by atoms with van der Waals surface area (Å²) in [6, 6.07) is 1.83. The Morgan fingerprint density at radius 3 is 3.18 bits per heavy atom. The number of hydrogen-bond acceptors (Lipinski definition) is 3. The second kappa shape index (κ2) is 5.23. The molecule has 0 bridgehead atoms. The van der Waals surface area contributed by atoms with E-state index in [2.05, 4.69) is 17.2 Å². The molecule has 0 aromatic carbocycles. The van der Waals surface area contributed by atoms with Crippen molar-refractivity contribution in [3.05, 3.63) is 23.5 Å². The van der Waals surface area contributed by atoms with E-state index < -0.39 is 5.60 Å². The van der Waals surface area contributed by atoms with Gasteiger partial charge in [-0.25, -0.2) is 0 Å². The average molecular weight is 255 g/mol. The number of nitrogens with one attached hydrogen (secondary N) is 1. The molecule has 0 saturated heterocycles. The fourth-order valence-corrected chi connectivity index (χ4v) is 2.76. The number of aliphatic hydroxyl groups is 1. The zero-order valence-corrected chi connectivity index (χ0v) is 10.9. The van der Waals surface area contributed by atoms with Gasteiger partial charge >= 0.3 is 0 Å². The summed E-state index contributed by atoms with van der Waals surface area (Å²) >= 11 is 6.01. The van der Waals surface area contributed by atoms with Crippen molar-refractivity contribution in [1.29, 1.82) is 0 Å². The highest BCUT2D eigenvalue weighted by Crippen LogP contribution is 2.32. The lowest BCUT2D eigenvalue weighted by Gasteiger charge is -2.36. The molecule has 2 rings (SSSR count). The number of aromatic nitrogens is 1. The van der Waals surface area contributed by atoms with Crippen LogP contribution < -0.4 is 5.32 Å². The lowest BCUT2D eigenvalue weighted by Crippen LogP contribution is -2.41. The highest BCUT2D eigenvalue weighted by molar-refractivity contribution is 6.33. The number of pyridine rings is 1. The maximum atomic E-state index is 10.5. The summed E-state index contributed by atoms with van der Waals surface area (Å²) in [5, 5.41) is 14.3. The third-order valence-corrected chi connectivity index (χ3v) is 3.75. The van der Waals surface area contributed by atoms with Crippen LogP contribution in [0.25, 0.3) is 0 Å². The Hall–Kier alpha value is -0.800. The summed E-state index contributed by atoms with van der Waals surface area (Å²) in [7, 11) is 0. The lowest BCUT2D eigenvalue weighted by atomic mass is 9.79. The van der Waals surface area contributed by atoms with E-state index in [0.717, 1.165) is 24.9 Å². The molecule has 1 fully saturated rings. The molecule has 4 heteroatoms. The quantitative estimate of drug-likeness (QED) is 0.871. The van der Waals surface area contributed by atoms with Crippen molar-refractivity contribution in [2.45, 2.75) is 38.2 Å². The first-order chi connectivity index (χ1) is 8.09. The first-order valence-corrected chi connectivity index (χ1v) is 6.53. The van der Waals surface area contributed by atoms with Gasteiger partial charge in [-0.15, -0.1) is 0 Å². The van der Waals surface area contributed by atoms with Crippen LogP contribution in [0.1, 0.15) is 32.6 Å². The molecule has 94 valence electrons. The van der Waals surface area contributed by atoms with E-state index in [4.69, 9.17) is 11.6 Å². The molecule has 17 heavy (non-hydrogen) atoms. The van der Waals surface area contributed by atoms with E-state index in [-0.39, 0.29) is 0 Å². The molecule has 0 aliphatic heterocycles. The van der Waals surface area contributed by atoms with Crippen LogP contribution >= 0.6 is 11.6 Å². The minimum Gasteiger partial charge on any atom is -0.388 e. The maximum Gasteiger partial charge on any atom is 0.0821 e. The van der Waals surface area contributed by atoms with Crippen LogP contribution in [0.4, 0.5) is 5.69 Å². The molecular formula is C13H19ClN2O. The van der Waals surface area contributed by atoms with Crippen LogP contribution in [0.2, 0.25) is 5.02 Å². The van der Waals surface area contributed by atoms with Crippen molar-refractivity contribution in [1.82, 2.24) is 4.98 Å². The van der Waals surface area contributed by atoms with Crippen molar-refractivity contribution in [2.24, 2.45) is 5.92 Å². The molecule has 1 aliphatic rings. The topological polar surface area (TPSA) is 45.1 Å². The van der Waals surface area contributed by atoms with Crippen molar-refractivity contribution in [2.75, 3.05) is 11.9 Å². The van der Waals surface area contributed by atoms with Crippen molar-refractivity contribution in [3.63, 3.8) is 0 Å². The van der Waals surface area contributed by atoms with Gasteiger partial charge in [0, 0.05) is 18.9 Å². The summed E-state index contributed by atoms with van der Waals surface area (Å²) < 4.78 is 0. The fraction of sp³-hybridized carbons (Fsp3) is 0.615. The van der Waals surface area contributed by atoms with Crippen LogP contribution in [0.15, 0.2) is 18.5 Å². The first kappa shape index (κ1) is 12.7. The van der Waals surface area contributed by atoms with Crippen LogP contribution in [0.5, 0.6) is 0 Å². The molecule has 1 heterocycles. The molecule has 2 atom stereocenters. The minimum absolute atomic E-state index is 0.557. The second-order valence-electron chi connectivity index (χ2n) is 5.13. The van der Waals surface area contributed by atoms with Crippen molar-refractivity contribution < 1.29 is 5.11 Å². The average Bonchev–Trinajstić information content (AvgIpc) is 2.28. The van der Waals surface area contributed by atoms with Gasteiger partial charge in [0.2, 0.25) is 0 Å². The number of anilines is 1. The van der Waals surface area contributed by atoms with Gasteiger partial charge in [-0.3, -0.25) is 4.98 Å². The first-order valence-electron chi connectivity index (χ1n) is 6.15. The molecule has 1 aromatic heterocycles. The number of nitrogens with zero attached hydrogens (tertiary/aromatic N) is 1. The molecule has 2 N–H and O–H groups in total. The largest absolute Gasteiger partial charge is 0.388 e. The number of hydrogen-bond donors (Lipinski definition) is 2. The van der Waals surface area contributed by atoms with E-state index in [1.165, 1.54) is 6.42 Å². The summed E-state index contributed by atoms with van der Waals surface area (Å²) in [4.78, 5) is 3.93. The third kappa shape index (κ3) is 3.33. The second-order valence-corrected chi connectivity index (χ2v) is 5.54. The predicted octanol–water partition coefficient (Wildman–Crippen LogP) is 3.09. The van der Waals surface area contributed by atoms with E-state index in [1.807, 2.05) is 6.07 Å². The molecule has 0 amide bonds. The normalized spacial score (nSPS) is 29.0. The summed E-state index contributed by atoms with van der Waals surface area (Å²) in [6.45, 7) is 2.75. The van der Waals surface area contributed by atoms with E-state index in [1.54, 1.807) is 12.4 Å². The number of rotatable bonds is 3. The molecule has 0 radical (unpaired) electrons. The smallest absolute Gasteiger partial charge is 0.0821 e. The molecule has 3 nitrogen and oxygen atoms in total. The Kier molecular flexibility index (Phi) is 3.89. The van der Waals surface area contributed by atoms with Crippen LogP contribution in [-0.4, -0.2) is 22.2 Å². The van der Waals surface area contributed by atoms with Gasteiger partial charge in [-0.05, 0) is 24.8 Å². The molecule has 2 unspecified atom stereocenters. The van der Waals surface area contributed by atoms with Crippen molar-refractivity contribution in [3.8, 4) is 0 Å². The van der Waals surface area contributed by atoms with Gasteiger partial charge in [0.25, 0.3) is 0 Å². The Labute approximate surface area is 107 Å². The van der Waals surface area contributed by atoms with Crippen LogP contribution in [0.3, 0.4) is 0 Å². The summed E-state index contributed by atoms with van der Waals surface area (Å²) in [6.07, 6.45) is 7.36. The van der Waals surface area contributed by atoms with Crippen LogP contribution in [-0.2, 0) is 0 Å². The highest BCUT2D eigenvalue weighted by atomic mass is 35.5. The fourth-order valence-electron chi connectivity index (χ4n) is 2.57. The summed E-state index contributed by atoms with van der Waals surface area (Å²) in [5.74, 6) is 0.600. The molecule has 1 aliphatic carbocycles. The van der Waals surface area contributed by atoms with Gasteiger partial charge in [0.1, 0.15) is 0 Å². The molecule has 1 aromatic rings. The zero-order valence-electron chi connectivity index (χ0n) is 10.1. The van der Waals surface area contributed by atoms with Crippen LogP contribution in [0, 0.1) is 5.92 Å². The maximum absolute atomic E-state index is 10.5. The molecule has 0 spiro atoms. The number of halogens is 1. The Balaban J connectivity index is 1.95. The van der Waals surface area contributed by atoms with Gasteiger partial charge < -0.3 is 10.4 Å². The third-order valence-electron chi connectivity index (χ3n) is 3.45.